The van der Waals surface area contributed by atoms with Crippen molar-refractivity contribution in [2.24, 2.45) is 0 Å². The minimum absolute atomic E-state index is 0.376. The van der Waals surface area contributed by atoms with Gasteiger partial charge in [-0.1, -0.05) is 0 Å². The maximum Gasteiger partial charge on any atom is 0.415 e. The summed E-state index contributed by atoms with van der Waals surface area (Å²) in [5.74, 6) is 0. The van der Waals surface area contributed by atoms with Crippen LogP contribution in [-0.2, 0) is 9.47 Å². The molecule has 6 nitrogen and oxygen atoms in total. The number of amides is 1. The fourth-order valence-electron chi connectivity index (χ4n) is 2.02. The summed E-state index contributed by atoms with van der Waals surface area (Å²) in [6.07, 6.45) is 3.25. The minimum atomic E-state index is -0.575. The van der Waals surface area contributed by atoms with E-state index >= 15 is 0 Å². The van der Waals surface area contributed by atoms with Crippen molar-refractivity contribution >= 4 is 55.9 Å². The number of rotatable bonds is 4. The second-order valence-electron chi connectivity index (χ2n) is 5.94. The van der Waals surface area contributed by atoms with Crippen LogP contribution in [0, 0.1) is 3.70 Å². The van der Waals surface area contributed by atoms with Gasteiger partial charge < -0.3 is 9.47 Å². The monoisotopic (exact) mass is 495 g/mol. The Morgan fingerprint density at radius 2 is 2.17 bits per heavy atom. The standard InChI is InChI=1S/C15H19BrIN3O3/c1-15(2,3)23-14(21)19(5-6-22-4)11-7-10(16)9-20-12(17)8-18-13(11)20/h7-9H,5-6H2,1-4H3. The van der Waals surface area contributed by atoms with E-state index in [1.807, 2.05) is 37.4 Å². The van der Waals surface area contributed by atoms with Gasteiger partial charge in [-0.3, -0.25) is 9.30 Å². The second-order valence-corrected chi connectivity index (χ2v) is 7.96. The van der Waals surface area contributed by atoms with E-state index < -0.39 is 11.7 Å². The van der Waals surface area contributed by atoms with E-state index in [0.29, 0.717) is 24.5 Å². The molecule has 2 rings (SSSR count). The highest BCUT2D eigenvalue weighted by Crippen LogP contribution is 2.28. The molecule has 0 spiro atoms. The Morgan fingerprint density at radius 1 is 1.48 bits per heavy atom. The molecule has 0 fully saturated rings. The Labute approximate surface area is 157 Å². The molecule has 0 aliphatic heterocycles. The van der Waals surface area contributed by atoms with Gasteiger partial charge in [0.05, 0.1) is 25.0 Å². The number of aromatic nitrogens is 2. The molecule has 1 amide bonds. The van der Waals surface area contributed by atoms with Gasteiger partial charge in [0, 0.05) is 17.8 Å². The van der Waals surface area contributed by atoms with Crippen LogP contribution in [0.25, 0.3) is 5.65 Å². The number of ether oxygens (including phenoxy) is 2. The van der Waals surface area contributed by atoms with E-state index in [1.165, 1.54) is 0 Å². The zero-order valence-corrected chi connectivity index (χ0v) is 17.2. The highest BCUT2D eigenvalue weighted by Gasteiger charge is 2.26. The molecule has 23 heavy (non-hydrogen) atoms. The minimum Gasteiger partial charge on any atom is -0.443 e. The van der Waals surface area contributed by atoms with Gasteiger partial charge in [0.25, 0.3) is 0 Å². The van der Waals surface area contributed by atoms with Crippen LogP contribution >= 0.6 is 38.5 Å². The van der Waals surface area contributed by atoms with E-state index in [-0.39, 0.29) is 0 Å². The van der Waals surface area contributed by atoms with Gasteiger partial charge in [0.2, 0.25) is 0 Å². The smallest absolute Gasteiger partial charge is 0.415 e. The van der Waals surface area contributed by atoms with Crippen LogP contribution in [0.1, 0.15) is 20.8 Å². The molecule has 0 N–H and O–H groups in total. The van der Waals surface area contributed by atoms with Crippen molar-refractivity contribution in [2.45, 2.75) is 26.4 Å². The van der Waals surface area contributed by atoms with Crippen molar-refractivity contribution in [1.82, 2.24) is 9.38 Å². The summed E-state index contributed by atoms with van der Waals surface area (Å²) in [6.45, 7) is 6.30. The number of anilines is 1. The lowest BCUT2D eigenvalue weighted by Gasteiger charge is -2.27. The lowest BCUT2D eigenvalue weighted by atomic mass is 10.2. The molecule has 0 saturated heterocycles. The molecule has 0 atom stereocenters. The third-order valence-electron chi connectivity index (χ3n) is 2.93. The number of halogens is 2. The van der Waals surface area contributed by atoms with Crippen molar-refractivity contribution in [3.05, 3.63) is 26.6 Å². The van der Waals surface area contributed by atoms with Gasteiger partial charge in [-0.25, -0.2) is 9.78 Å². The van der Waals surface area contributed by atoms with Gasteiger partial charge >= 0.3 is 6.09 Å². The van der Waals surface area contributed by atoms with E-state index in [0.717, 1.165) is 8.17 Å². The second kappa shape index (κ2) is 7.35. The van der Waals surface area contributed by atoms with Crippen LogP contribution in [-0.4, -0.2) is 41.3 Å². The topological polar surface area (TPSA) is 56.1 Å². The number of hydrogen-bond acceptors (Lipinski definition) is 4. The summed E-state index contributed by atoms with van der Waals surface area (Å²) in [7, 11) is 1.60. The van der Waals surface area contributed by atoms with Crippen LogP contribution in [0.4, 0.5) is 10.5 Å². The predicted molar refractivity (Wildman–Crippen MR) is 101 cm³/mol. The molecule has 126 valence electrons. The summed E-state index contributed by atoms with van der Waals surface area (Å²) in [4.78, 5) is 18.6. The Bertz CT molecular complexity index is 712. The summed E-state index contributed by atoms with van der Waals surface area (Å²) in [5.41, 5.74) is 0.794. The SMILES string of the molecule is COCCN(C(=O)OC(C)(C)C)c1cc(Br)cn2c(I)cnc12. The average Bonchev–Trinajstić information content (AvgIpc) is 2.79. The van der Waals surface area contributed by atoms with Crippen molar-refractivity contribution in [3.63, 3.8) is 0 Å². The fraction of sp³-hybridized carbons (Fsp3) is 0.467. The molecule has 0 aliphatic rings. The third-order valence-corrected chi connectivity index (χ3v) is 4.16. The van der Waals surface area contributed by atoms with E-state index in [4.69, 9.17) is 9.47 Å². The Morgan fingerprint density at radius 3 is 2.78 bits per heavy atom. The number of imidazole rings is 1. The van der Waals surface area contributed by atoms with Crippen LogP contribution in [0.15, 0.2) is 22.9 Å². The molecule has 0 saturated carbocycles. The molecule has 0 unspecified atom stereocenters. The van der Waals surface area contributed by atoms with Crippen LogP contribution in [0.5, 0.6) is 0 Å². The molecule has 0 radical (unpaired) electrons. The first-order chi connectivity index (χ1) is 10.7. The maximum atomic E-state index is 12.6. The van der Waals surface area contributed by atoms with Crippen molar-refractivity contribution in [3.8, 4) is 0 Å². The number of carbonyl (C=O) groups excluding carboxylic acids is 1. The highest BCUT2D eigenvalue weighted by atomic mass is 127. The molecule has 8 heteroatoms. The number of pyridine rings is 1. The predicted octanol–water partition coefficient (Wildman–Crippen LogP) is 4.09. The quantitative estimate of drug-likeness (QED) is 0.599. The zero-order valence-electron chi connectivity index (χ0n) is 13.5. The van der Waals surface area contributed by atoms with Gasteiger partial charge in [0.15, 0.2) is 5.65 Å². The van der Waals surface area contributed by atoms with Gasteiger partial charge in [0.1, 0.15) is 9.30 Å². The molecule has 0 bridgehead atoms. The zero-order chi connectivity index (χ0) is 17.2. The Hall–Kier alpha value is -0.870. The van der Waals surface area contributed by atoms with E-state index in [9.17, 15) is 4.79 Å². The number of carbonyl (C=O) groups is 1. The van der Waals surface area contributed by atoms with Crippen LogP contribution < -0.4 is 4.90 Å². The third kappa shape index (κ3) is 4.57. The number of nitrogens with zero attached hydrogens (tertiary/aromatic N) is 3. The molecule has 2 aromatic heterocycles. The number of methoxy groups -OCH3 is 1. The molecule has 0 aromatic carbocycles. The molecule has 2 aromatic rings. The maximum absolute atomic E-state index is 12.6. The van der Waals surface area contributed by atoms with Crippen molar-refractivity contribution in [2.75, 3.05) is 25.2 Å². The van der Waals surface area contributed by atoms with Gasteiger partial charge in [-0.2, -0.15) is 0 Å². The lowest BCUT2D eigenvalue weighted by Crippen LogP contribution is -2.39. The lowest BCUT2D eigenvalue weighted by molar-refractivity contribution is 0.0569. The van der Waals surface area contributed by atoms with Crippen molar-refractivity contribution < 1.29 is 14.3 Å². The number of hydrogen-bond donors (Lipinski definition) is 0. The largest absolute Gasteiger partial charge is 0.443 e. The van der Waals surface area contributed by atoms with Crippen molar-refractivity contribution in [1.29, 1.82) is 0 Å². The van der Waals surface area contributed by atoms with Crippen LogP contribution in [0.2, 0.25) is 0 Å². The first-order valence-electron chi connectivity index (χ1n) is 7.04. The normalized spacial score (nSPS) is 11.7. The van der Waals surface area contributed by atoms with Gasteiger partial charge in [-0.15, -0.1) is 0 Å². The fourth-order valence-corrected chi connectivity index (χ4v) is 2.95. The molecular formula is C15H19BrIN3O3. The first-order valence-corrected chi connectivity index (χ1v) is 8.91. The first kappa shape index (κ1) is 18.5. The summed E-state index contributed by atoms with van der Waals surface area (Å²) < 4.78 is 14.4. The summed E-state index contributed by atoms with van der Waals surface area (Å²) in [5, 5.41) is 0. The number of fused-ring (bicyclic) bond motifs is 1. The van der Waals surface area contributed by atoms with E-state index in [2.05, 4.69) is 43.5 Å². The summed E-state index contributed by atoms with van der Waals surface area (Å²) >= 11 is 5.69. The van der Waals surface area contributed by atoms with Crippen LogP contribution in [0.3, 0.4) is 0 Å². The molecular weight excluding hydrogens is 477 g/mol. The van der Waals surface area contributed by atoms with E-state index in [1.54, 1.807) is 18.2 Å². The molecule has 2 heterocycles. The highest BCUT2D eigenvalue weighted by molar-refractivity contribution is 14.1. The van der Waals surface area contributed by atoms with Gasteiger partial charge in [-0.05, 0) is 65.4 Å². The Kier molecular flexibility index (Phi) is 5.90. The Balaban J connectivity index is 2.48. The summed E-state index contributed by atoms with van der Waals surface area (Å²) in [6, 6.07) is 1.86. The molecule has 0 aliphatic carbocycles. The average molecular weight is 496 g/mol.